The molecule has 0 aliphatic rings. The van der Waals surface area contributed by atoms with Crippen LogP contribution in [0, 0.1) is 0 Å². The van der Waals surface area contributed by atoms with E-state index >= 15 is 0 Å². The van der Waals surface area contributed by atoms with Crippen molar-refractivity contribution in [1.82, 2.24) is 25.9 Å². The van der Waals surface area contributed by atoms with Crippen molar-refractivity contribution in [2.45, 2.75) is 56.3 Å². The minimum atomic E-state index is -1.39. The molecule has 0 radical (unpaired) electrons. The lowest BCUT2D eigenvalue weighted by Crippen LogP contribution is -2.58. The third-order valence-electron chi connectivity index (χ3n) is 6.61. The van der Waals surface area contributed by atoms with Gasteiger partial charge in [-0.05, 0) is 48.2 Å². The number of aliphatic carboxylic acids is 2. The van der Waals surface area contributed by atoms with Crippen LogP contribution in [-0.2, 0) is 43.2 Å². The van der Waals surface area contributed by atoms with E-state index in [0.717, 1.165) is 0 Å². The monoisotopic (exact) mass is 610 g/mol. The molecule has 3 amide bonds. The van der Waals surface area contributed by atoms with E-state index in [0.29, 0.717) is 16.8 Å². The maximum Gasteiger partial charge on any atom is 0.326 e. The Labute approximate surface area is 251 Å². The van der Waals surface area contributed by atoms with Crippen LogP contribution in [0.4, 0.5) is 0 Å². The first-order chi connectivity index (χ1) is 20.9. The molecule has 0 saturated carbocycles. The van der Waals surface area contributed by atoms with Crippen LogP contribution >= 0.6 is 0 Å². The number of phenols is 2. The van der Waals surface area contributed by atoms with Gasteiger partial charge in [0.25, 0.3) is 0 Å². The highest BCUT2D eigenvalue weighted by molar-refractivity contribution is 5.94. The zero-order valence-corrected chi connectivity index (χ0v) is 23.5. The fraction of sp³-hybridized carbons (Fsp3) is 0.310. The molecule has 0 aliphatic heterocycles. The van der Waals surface area contributed by atoms with E-state index in [1.807, 2.05) is 0 Å². The van der Waals surface area contributed by atoms with Crippen molar-refractivity contribution in [2.75, 3.05) is 0 Å². The number of hydrogen-bond acceptors (Lipinski definition) is 9. The van der Waals surface area contributed by atoms with Gasteiger partial charge >= 0.3 is 11.9 Å². The molecule has 0 fully saturated rings. The van der Waals surface area contributed by atoms with Crippen molar-refractivity contribution >= 4 is 29.7 Å². The van der Waals surface area contributed by atoms with Gasteiger partial charge in [0.05, 0.1) is 12.4 Å². The summed E-state index contributed by atoms with van der Waals surface area (Å²) in [7, 11) is 0. The molecule has 0 bridgehead atoms. The van der Waals surface area contributed by atoms with Gasteiger partial charge in [0, 0.05) is 31.2 Å². The Morgan fingerprint density at radius 2 is 1.25 bits per heavy atom. The van der Waals surface area contributed by atoms with Crippen molar-refractivity contribution in [1.29, 1.82) is 0 Å². The number of amides is 3. The normalized spacial score (nSPS) is 13.6. The van der Waals surface area contributed by atoms with Crippen LogP contribution in [0.25, 0.3) is 0 Å². The number of aromatic amines is 1. The lowest BCUT2D eigenvalue weighted by atomic mass is 10.0. The Bertz CT molecular complexity index is 1430. The maximum atomic E-state index is 13.4. The highest BCUT2D eigenvalue weighted by atomic mass is 16.4. The van der Waals surface area contributed by atoms with Gasteiger partial charge in [0.15, 0.2) is 0 Å². The number of phenolic OH excluding ortho intramolecular Hbond substituents is 2. The molecule has 234 valence electrons. The van der Waals surface area contributed by atoms with Gasteiger partial charge < -0.3 is 47.1 Å². The number of carboxylic acids is 2. The number of carbonyl (C=O) groups is 5. The summed E-state index contributed by atoms with van der Waals surface area (Å²) in [6.45, 7) is 0. The Morgan fingerprint density at radius 1 is 0.727 bits per heavy atom. The maximum absolute atomic E-state index is 13.4. The predicted octanol–water partition coefficient (Wildman–Crippen LogP) is -0.420. The van der Waals surface area contributed by atoms with Gasteiger partial charge in [0.2, 0.25) is 17.7 Å². The molecular formula is C29H34N6O9. The molecule has 1 heterocycles. The van der Waals surface area contributed by atoms with Gasteiger partial charge in [-0.3, -0.25) is 19.2 Å². The van der Waals surface area contributed by atoms with Crippen LogP contribution in [0.5, 0.6) is 11.5 Å². The summed E-state index contributed by atoms with van der Waals surface area (Å²) in [5.74, 6) is -5.05. The molecule has 3 aromatic rings. The topological polar surface area (TPSA) is 257 Å². The number of imidazole rings is 1. The number of hydrogen-bond donors (Lipinski definition) is 9. The third kappa shape index (κ3) is 10.4. The first-order valence-electron chi connectivity index (χ1n) is 13.6. The summed E-state index contributed by atoms with van der Waals surface area (Å²) in [5, 5.41) is 45.2. The summed E-state index contributed by atoms with van der Waals surface area (Å²) in [6, 6.07) is 6.48. The molecule has 44 heavy (non-hydrogen) atoms. The predicted molar refractivity (Wildman–Crippen MR) is 154 cm³/mol. The van der Waals surface area contributed by atoms with Crippen molar-refractivity contribution in [3.63, 3.8) is 0 Å². The van der Waals surface area contributed by atoms with Crippen LogP contribution < -0.4 is 21.7 Å². The molecular weight excluding hydrogens is 576 g/mol. The summed E-state index contributed by atoms with van der Waals surface area (Å²) < 4.78 is 0. The highest BCUT2D eigenvalue weighted by Gasteiger charge is 2.31. The Morgan fingerprint density at radius 3 is 1.77 bits per heavy atom. The lowest BCUT2D eigenvalue weighted by molar-refractivity contribution is -0.142. The molecule has 0 spiro atoms. The van der Waals surface area contributed by atoms with E-state index in [1.165, 1.54) is 48.9 Å². The number of carbonyl (C=O) groups excluding carboxylic acids is 3. The number of H-pyrrole nitrogens is 1. The molecule has 3 rings (SSSR count). The molecule has 15 nitrogen and oxygen atoms in total. The Kier molecular flexibility index (Phi) is 11.8. The number of nitrogens with two attached hydrogens (primary N) is 1. The van der Waals surface area contributed by atoms with Crippen LogP contribution in [0.3, 0.4) is 0 Å². The molecule has 0 saturated heterocycles. The average Bonchev–Trinajstić information content (AvgIpc) is 3.49. The highest BCUT2D eigenvalue weighted by Crippen LogP contribution is 2.13. The average molecular weight is 611 g/mol. The number of benzene rings is 2. The van der Waals surface area contributed by atoms with Crippen molar-refractivity contribution in [3.05, 3.63) is 77.9 Å². The Hall–Kier alpha value is -5.44. The third-order valence-corrected chi connectivity index (χ3v) is 6.61. The first-order valence-corrected chi connectivity index (χ1v) is 13.6. The smallest absolute Gasteiger partial charge is 0.326 e. The quantitative estimate of drug-likeness (QED) is 0.101. The zero-order valence-electron chi connectivity index (χ0n) is 23.5. The molecule has 2 aromatic carbocycles. The van der Waals surface area contributed by atoms with Gasteiger partial charge in [-0.2, -0.15) is 0 Å². The van der Waals surface area contributed by atoms with E-state index in [2.05, 4.69) is 25.9 Å². The molecule has 1 aromatic heterocycles. The summed E-state index contributed by atoms with van der Waals surface area (Å²) in [6.07, 6.45) is 1.74. The molecule has 15 heteroatoms. The van der Waals surface area contributed by atoms with Crippen molar-refractivity contribution in [2.24, 2.45) is 5.73 Å². The van der Waals surface area contributed by atoms with Crippen LogP contribution in [0.2, 0.25) is 0 Å². The van der Waals surface area contributed by atoms with Crippen molar-refractivity contribution in [3.8, 4) is 11.5 Å². The summed E-state index contributed by atoms with van der Waals surface area (Å²) in [4.78, 5) is 69.5. The van der Waals surface area contributed by atoms with Crippen molar-refractivity contribution < 1.29 is 44.4 Å². The van der Waals surface area contributed by atoms with E-state index < -0.39 is 60.2 Å². The minimum Gasteiger partial charge on any atom is -0.508 e. The summed E-state index contributed by atoms with van der Waals surface area (Å²) >= 11 is 0. The standard InChI is InChI=1S/C29H34N6O9/c30-21(11-16-1-5-19(36)6-2-16)26(40)33-22(9-10-25(38)39)27(41)34-23(13-18-14-31-15-32-18)28(42)35-24(29(43)44)12-17-3-7-20(37)8-4-17/h1-8,14-15,21-24,36-37H,9-13,30H2,(H,31,32)(H,33,40)(H,34,41)(H,35,42)(H,38,39)(H,43,44). The molecule has 10 N–H and O–H groups in total. The number of nitrogens with zero attached hydrogens (tertiary/aromatic N) is 1. The second kappa shape index (κ2) is 15.7. The summed E-state index contributed by atoms with van der Waals surface area (Å²) in [5.41, 5.74) is 7.60. The van der Waals surface area contributed by atoms with E-state index in [-0.39, 0.29) is 37.2 Å². The fourth-order valence-corrected chi connectivity index (χ4v) is 4.23. The second-order valence-electron chi connectivity index (χ2n) is 10.1. The first kappa shape index (κ1) is 33.1. The molecule has 4 unspecified atom stereocenters. The zero-order chi connectivity index (χ0) is 32.2. The second-order valence-corrected chi connectivity index (χ2v) is 10.1. The molecule has 4 atom stereocenters. The van der Waals surface area contributed by atoms with E-state index in [9.17, 15) is 44.4 Å². The van der Waals surface area contributed by atoms with Gasteiger partial charge in [-0.25, -0.2) is 9.78 Å². The number of nitrogens with one attached hydrogen (secondary N) is 4. The van der Waals surface area contributed by atoms with E-state index in [1.54, 1.807) is 12.1 Å². The SMILES string of the molecule is NC(Cc1ccc(O)cc1)C(=O)NC(CCC(=O)O)C(=O)NC(Cc1cnc[nH]1)C(=O)NC(Cc1ccc(O)cc1)C(=O)O. The fourth-order valence-electron chi connectivity index (χ4n) is 4.23. The largest absolute Gasteiger partial charge is 0.508 e. The lowest BCUT2D eigenvalue weighted by Gasteiger charge is -2.25. The van der Waals surface area contributed by atoms with Gasteiger partial charge in [-0.15, -0.1) is 0 Å². The van der Waals surface area contributed by atoms with Gasteiger partial charge in [-0.1, -0.05) is 24.3 Å². The van der Waals surface area contributed by atoms with E-state index in [4.69, 9.17) is 5.73 Å². The minimum absolute atomic E-state index is 0.0159. The number of carboxylic acid groups (broad SMARTS) is 2. The van der Waals surface area contributed by atoms with Crippen LogP contribution in [0.15, 0.2) is 61.1 Å². The molecule has 0 aliphatic carbocycles. The number of rotatable bonds is 16. The number of aromatic nitrogens is 2. The number of aromatic hydroxyl groups is 2. The Balaban J connectivity index is 1.75. The van der Waals surface area contributed by atoms with Crippen LogP contribution in [0.1, 0.15) is 29.7 Å². The van der Waals surface area contributed by atoms with Crippen LogP contribution in [-0.4, -0.2) is 84.2 Å². The van der Waals surface area contributed by atoms with Gasteiger partial charge in [0.1, 0.15) is 29.6 Å².